The molecule has 0 spiro atoms. The van der Waals surface area contributed by atoms with Crippen LogP contribution >= 0.6 is 11.3 Å². The maximum absolute atomic E-state index is 5.95. The molecule has 132 valence electrons. The molecular formula is C19H18N4O2S. The fourth-order valence-corrected chi connectivity index (χ4v) is 4.38. The summed E-state index contributed by atoms with van der Waals surface area (Å²) >= 11 is 1.69. The number of para-hydroxylation sites is 1. The second-order valence-corrected chi connectivity index (χ2v) is 8.14. The Balaban J connectivity index is 1.55. The number of benzene rings is 1. The van der Waals surface area contributed by atoms with Crippen molar-refractivity contribution < 1.29 is 9.47 Å². The first-order valence-corrected chi connectivity index (χ1v) is 9.37. The van der Waals surface area contributed by atoms with Crippen molar-refractivity contribution in [2.45, 2.75) is 39.1 Å². The molecule has 0 N–H and O–H groups in total. The zero-order valence-electron chi connectivity index (χ0n) is 14.6. The van der Waals surface area contributed by atoms with Crippen molar-refractivity contribution >= 4 is 27.2 Å². The first-order valence-electron chi connectivity index (χ1n) is 8.55. The number of aromatic nitrogens is 4. The standard InChI is InChI=1S/C19H18N4O2S/c1-19(2)8-13-14(9-25-19)26-18-16(13)17-21-15(22-23(17)11-20-18)10-24-12-6-4-3-5-7-12/h3-7,11H,8-10H2,1-2H3. The van der Waals surface area contributed by atoms with E-state index in [-0.39, 0.29) is 5.60 Å². The summed E-state index contributed by atoms with van der Waals surface area (Å²) in [4.78, 5) is 11.5. The molecule has 26 heavy (non-hydrogen) atoms. The Bertz CT molecular complexity index is 1100. The lowest BCUT2D eigenvalue weighted by Gasteiger charge is -2.30. The maximum Gasteiger partial charge on any atom is 0.189 e. The minimum absolute atomic E-state index is 0.174. The molecule has 4 aromatic rings. The Morgan fingerprint density at radius 2 is 2.12 bits per heavy atom. The number of fused-ring (bicyclic) bond motifs is 5. The number of thiophene rings is 1. The van der Waals surface area contributed by atoms with E-state index in [0.29, 0.717) is 19.0 Å². The van der Waals surface area contributed by atoms with Gasteiger partial charge in [0.25, 0.3) is 0 Å². The van der Waals surface area contributed by atoms with Gasteiger partial charge in [-0.3, -0.25) is 0 Å². The van der Waals surface area contributed by atoms with Crippen LogP contribution in [0.15, 0.2) is 36.7 Å². The van der Waals surface area contributed by atoms with Crippen LogP contribution in [0.1, 0.15) is 30.1 Å². The SMILES string of the molecule is CC1(C)Cc2c(sc3ncn4nc(COc5ccccc5)nc4c23)CO1. The molecule has 1 aliphatic heterocycles. The molecule has 0 radical (unpaired) electrons. The maximum atomic E-state index is 5.95. The molecule has 0 unspecified atom stereocenters. The predicted octanol–water partition coefficient (Wildman–Crippen LogP) is 3.77. The van der Waals surface area contributed by atoms with E-state index in [1.54, 1.807) is 22.2 Å². The monoisotopic (exact) mass is 366 g/mol. The van der Waals surface area contributed by atoms with Gasteiger partial charge in [-0.2, -0.15) is 0 Å². The van der Waals surface area contributed by atoms with Crippen molar-refractivity contribution in [2.75, 3.05) is 0 Å². The van der Waals surface area contributed by atoms with Crippen LogP contribution in [-0.2, 0) is 24.4 Å². The Labute approximate surface area is 154 Å². The number of nitrogens with zero attached hydrogens (tertiary/aromatic N) is 4. The van der Waals surface area contributed by atoms with E-state index in [2.05, 4.69) is 23.9 Å². The molecule has 0 atom stereocenters. The summed E-state index contributed by atoms with van der Waals surface area (Å²) in [7, 11) is 0. The van der Waals surface area contributed by atoms with Crippen LogP contribution in [0.4, 0.5) is 0 Å². The minimum atomic E-state index is -0.174. The molecule has 0 saturated heterocycles. The molecule has 7 heteroatoms. The van der Waals surface area contributed by atoms with Crippen LogP contribution in [0, 0.1) is 0 Å². The summed E-state index contributed by atoms with van der Waals surface area (Å²) in [5.41, 5.74) is 1.96. The Morgan fingerprint density at radius 3 is 2.96 bits per heavy atom. The molecule has 1 aromatic carbocycles. The van der Waals surface area contributed by atoms with E-state index in [0.717, 1.165) is 28.0 Å². The molecule has 0 aliphatic carbocycles. The van der Waals surface area contributed by atoms with E-state index in [9.17, 15) is 0 Å². The summed E-state index contributed by atoms with van der Waals surface area (Å²) in [5, 5.41) is 5.63. The normalized spacial score (nSPS) is 16.1. The lowest BCUT2D eigenvalue weighted by molar-refractivity contribution is -0.0379. The van der Waals surface area contributed by atoms with Gasteiger partial charge in [0, 0.05) is 11.3 Å². The smallest absolute Gasteiger partial charge is 0.189 e. The van der Waals surface area contributed by atoms with Crippen LogP contribution in [0.3, 0.4) is 0 Å². The summed E-state index contributed by atoms with van der Waals surface area (Å²) in [6, 6.07) is 9.70. The molecule has 0 bridgehead atoms. The van der Waals surface area contributed by atoms with Crippen molar-refractivity contribution in [3.8, 4) is 5.75 Å². The minimum Gasteiger partial charge on any atom is -0.486 e. The second kappa shape index (κ2) is 5.75. The van der Waals surface area contributed by atoms with Crippen LogP contribution < -0.4 is 4.74 Å². The van der Waals surface area contributed by atoms with Crippen molar-refractivity contribution in [1.82, 2.24) is 19.6 Å². The van der Waals surface area contributed by atoms with E-state index >= 15 is 0 Å². The van der Waals surface area contributed by atoms with E-state index in [4.69, 9.17) is 14.5 Å². The number of hydrogen-bond acceptors (Lipinski definition) is 6. The first-order chi connectivity index (χ1) is 12.6. The molecule has 6 nitrogen and oxygen atoms in total. The molecule has 5 rings (SSSR count). The Kier molecular flexibility index (Phi) is 3.48. The van der Waals surface area contributed by atoms with Gasteiger partial charge in [-0.15, -0.1) is 16.4 Å². The molecule has 4 heterocycles. The van der Waals surface area contributed by atoms with Crippen LogP contribution in [0.2, 0.25) is 0 Å². The zero-order chi connectivity index (χ0) is 17.7. The van der Waals surface area contributed by atoms with Crippen LogP contribution in [-0.4, -0.2) is 25.2 Å². The fraction of sp³-hybridized carbons (Fsp3) is 0.316. The van der Waals surface area contributed by atoms with Crippen LogP contribution in [0.5, 0.6) is 5.75 Å². The summed E-state index contributed by atoms with van der Waals surface area (Å²) in [6.45, 7) is 5.20. The summed E-state index contributed by atoms with van der Waals surface area (Å²) in [6.07, 6.45) is 2.58. The van der Waals surface area contributed by atoms with Gasteiger partial charge in [-0.25, -0.2) is 14.5 Å². The van der Waals surface area contributed by atoms with E-state index < -0.39 is 0 Å². The average molecular weight is 366 g/mol. The third-order valence-electron chi connectivity index (χ3n) is 4.56. The van der Waals surface area contributed by atoms with Crippen molar-refractivity contribution in [3.63, 3.8) is 0 Å². The topological polar surface area (TPSA) is 61.5 Å². The first kappa shape index (κ1) is 15.7. The lowest BCUT2D eigenvalue weighted by atomic mass is 9.94. The van der Waals surface area contributed by atoms with Crippen molar-refractivity contribution in [1.29, 1.82) is 0 Å². The molecule has 0 amide bonds. The third kappa shape index (κ3) is 2.64. The molecule has 3 aromatic heterocycles. The second-order valence-electron chi connectivity index (χ2n) is 7.05. The zero-order valence-corrected chi connectivity index (χ0v) is 15.4. The van der Waals surface area contributed by atoms with Crippen molar-refractivity contribution in [2.24, 2.45) is 0 Å². The third-order valence-corrected chi connectivity index (χ3v) is 5.68. The molecular weight excluding hydrogens is 348 g/mol. The van der Waals surface area contributed by atoms with E-state index in [1.807, 2.05) is 30.3 Å². The highest BCUT2D eigenvalue weighted by atomic mass is 32.1. The number of rotatable bonds is 3. The van der Waals surface area contributed by atoms with Gasteiger partial charge in [0.2, 0.25) is 0 Å². The summed E-state index contributed by atoms with van der Waals surface area (Å²) in [5.74, 6) is 1.45. The fourth-order valence-electron chi connectivity index (χ4n) is 3.31. The van der Waals surface area contributed by atoms with Crippen LogP contribution in [0.25, 0.3) is 15.9 Å². The summed E-state index contributed by atoms with van der Waals surface area (Å²) < 4.78 is 13.5. The Hall–Kier alpha value is -2.51. The number of hydrogen-bond donors (Lipinski definition) is 0. The van der Waals surface area contributed by atoms with Gasteiger partial charge in [0.15, 0.2) is 11.5 Å². The molecule has 0 fully saturated rings. The highest BCUT2D eigenvalue weighted by Crippen LogP contribution is 2.39. The molecule has 1 aliphatic rings. The average Bonchev–Trinajstić information content (AvgIpc) is 3.20. The highest BCUT2D eigenvalue weighted by Gasteiger charge is 2.30. The molecule has 0 saturated carbocycles. The predicted molar refractivity (Wildman–Crippen MR) is 99.5 cm³/mol. The van der Waals surface area contributed by atoms with Gasteiger partial charge in [0.1, 0.15) is 23.5 Å². The van der Waals surface area contributed by atoms with Gasteiger partial charge in [-0.05, 0) is 31.5 Å². The Morgan fingerprint density at radius 1 is 1.27 bits per heavy atom. The van der Waals surface area contributed by atoms with Gasteiger partial charge in [0.05, 0.1) is 17.6 Å². The lowest BCUT2D eigenvalue weighted by Crippen LogP contribution is -2.31. The van der Waals surface area contributed by atoms with Gasteiger partial charge < -0.3 is 9.47 Å². The largest absolute Gasteiger partial charge is 0.486 e. The highest BCUT2D eigenvalue weighted by molar-refractivity contribution is 7.19. The van der Waals surface area contributed by atoms with Crippen molar-refractivity contribution in [3.05, 3.63) is 52.9 Å². The van der Waals surface area contributed by atoms with Gasteiger partial charge >= 0.3 is 0 Å². The quantitative estimate of drug-likeness (QED) is 0.552. The number of ether oxygens (including phenoxy) is 2. The van der Waals surface area contributed by atoms with E-state index in [1.165, 1.54) is 10.4 Å². The van der Waals surface area contributed by atoms with Gasteiger partial charge in [-0.1, -0.05) is 18.2 Å².